The molecule has 0 aromatic heterocycles. The van der Waals surface area contributed by atoms with E-state index in [4.69, 9.17) is 10.3 Å². The Hall–Kier alpha value is -1.46. The number of carbonyl (C=O) groups is 1. The number of nitrogens with zero attached hydrogens (tertiary/aromatic N) is 3. The van der Waals surface area contributed by atoms with Gasteiger partial charge in [0, 0.05) is 10.5 Å². The molecule has 24 heavy (non-hydrogen) atoms. The van der Waals surface area contributed by atoms with E-state index in [0.29, 0.717) is 11.8 Å². The quantitative estimate of drug-likeness (QED) is 0.457. The predicted molar refractivity (Wildman–Crippen MR) is 89.1 cm³/mol. The van der Waals surface area contributed by atoms with Gasteiger partial charge in [-0.3, -0.25) is 0 Å². The highest BCUT2D eigenvalue weighted by molar-refractivity contribution is 5.68. The molecule has 2 N–H and O–H groups in total. The lowest BCUT2D eigenvalue weighted by Crippen LogP contribution is -2.48. The number of azide groups is 1. The van der Waals surface area contributed by atoms with Crippen molar-refractivity contribution >= 4 is 6.09 Å². The van der Waals surface area contributed by atoms with Gasteiger partial charge in [0.15, 0.2) is 0 Å². The van der Waals surface area contributed by atoms with Crippen molar-refractivity contribution < 1.29 is 14.6 Å². The Balaban J connectivity index is 1.69. The summed E-state index contributed by atoms with van der Waals surface area (Å²) in [5, 5.41) is 17.2. The van der Waals surface area contributed by atoms with Crippen LogP contribution in [-0.4, -0.2) is 35.5 Å². The van der Waals surface area contributed by atoms with Crippen LogP contribution in [0.25, 0.3) is 10.4 Å². The maximum Gasteiger partial charge on any atom is 0.407 e. The summed E-state index contributed by atoms with van der Waals surface area (Å²) in [5.41, 5.74) is 8.19. The number of ether oxygens (including phenoxy) is 1. The molecule has 7 atom stereocenters. The molecule has 0 aromatic rings. The maximum absolute atomic E-state index is 12.1. The van der Waals surface area contributed by atoms with E-state index in [1.54, 1.807) is 0 Å². The zero-order valence-electron chi connectivity index (χ0n) is 14.7. The molecule has 7 heteroatoms. The third-order valence-electron chi connectivity index (χ3n) is 5.96. The molecule has 0 spiro atoms. The van der Waals surface area contributed by atoms with Crippen LogP contribution >= 0.6 is 0 Å². The molecule has 4 rings (SSSR count). The fourth-order valence-electron chi connectivity index (χ4n) is 5.37. The molecule has 7 nitrogen and oxygen atoms in total. The molecule has 0 saturated heterocycles. The third-order valence-corrected chi connectivity index (χ3v) is 5.96. The van der Waals surface area contributed by atoms with Gasteiger partial charge in [0.1, 0.15) is 6.10 Å². The van der Waals surface area contributed by atoms with Crippen LogP contribution in [0.4, 0.5) is 4.79 Å². The van der Waals surface area contributed by atoms with Gasteiger partial charge in [-0.15, -0.1) is 0 Å². The van der Waals surface area contributed by atoms with Crippen LogP contribution in [0.3, 0.4) is 0 Å². The van der Waals surface area contributed by atoms with Crippen molar-refractivity contribution in [1.29, 1.82) is 0 Å². The van der Waals surface area contributed by atoms with Crippen LogP contribution in [-0.2, 0) is 4.74 Å². The highest BCUT2D eigenvalue weighted by Gasteiger charge is 2.56. The van der Waals surface area contributed by atoms with Gasteiger partial charge in [-0.05, 0) is 81.6 Å². The van der Waals surface area contributed by atoms with Gasteiger partial charge >= 0.3 is 6.09 Å². The normalized spacial score (nSPS) is 36.1. The van der Waals surface area contributed by atoms with Crippen LogP contribution < -0.4 is 5.32 Å². The Bertz CT molecular complexity index is 536. The van der Waals surface area contributed by atoms with Crippen molar-refractivity contribution in [1.82, 2.24) is 5.32 Å². The molecule has 1 amide bonds. The lowest BCUT2D eigenvalue weighted by molar-refractivity contribution is -0.0541. The Morgan fingerprint density at radius 2 is 2.04 bits per heavy atom. The number of hydrogen-bond donors (Lipinski definition) is 2. The summed E-state index contributed by atoms with van der Waals surface area (Å²) in [6, 6.07) is 0. The van der Waals surface area contributed by atoms with Gasteiger partial charge in [-0.2, -0.15) is 0 Å². The number of carbonyl (C=O) groups excluding carboxylic acids is 1. The lowest BCUT2D eigenvalue weighted by atomic mass is 9.72. The minimum atomic E-state index is -0.786. The zero-order chi connectivity index (χ0) is 17.5. The average molecular weight is 336 g/mol. The highest BCUT2D eigenvalue weighted by Crippen LogP contribution is 2.62. The molecule has 4 aliphatic rings. The Morgan fingerprint density at radius 1 is 1.33 bits per heavy atom. The number of rotatable bonds is 5. The van der Waals surface area contributed by atoms with Crippen LogP contribution in [0.15, 0.2) is 5.11 Å². The molecule has 134 valence electrons. The largest absolute Gasteiger partial charge is 0.443 e. The van der Waals surface area contributed by atoms with Gasteiger partial charge in [0.25, 0.3) is 0 Å². The summed E-state index contributed by atoms with van der Waals surface area (Å²) in [6.07, 6.45) is 2.71. The number of amides is 1. The Kier molecular flexibility index (Phi) is 4.67. The average Bonchev–Trinajstić information content (AvgIpc) is 2.88. The second kappa shape index (κ2) is 6.45. The fraction of sp³-hybridized carbons (Fsp3) is 0.941. The van der Waals surface area contributed by atoms with E-state index in [0.717, 1.165) is 11.8 Å². The van der Waals surface area contributed by atoms with E-state index < -0.39 is 23.8 Å². The number of aliphatic hydroxyl groups excluding tert-OH is 1. The molecule has 7 unspecified atom stereocenters. The minimum absolute atomic E-state index is 0.0285. The number of nitrogens with one attached hydrogen (secondary N) is 1. The second-order valence-electron chi connectivity index (χ2n) is 8.79. The molecule has 0 aliphatic heterocycles. The summed E-state index contributed by atoms with van der Waals surface area (Å²) in [7, 11) is 0. The van der Waals surface area contributed by atoms with Gasteiger partial charge < -0.3 is 15.2 Å². The number of hydrogen-bond acceptors (Lipinski definition) is 4. The molecule has 4 bridgehead atoms. The first-order valence-electron chi connectivity index (χ1n) is 8.96. The molecular formula is C17H28N4O3. The topological polar surface area (TPSA) is 107 Å². The van der Waals surface area contributed by atoms with E-state index in [2.05, 4.69) is 15.3 Å². The molecule has 4 saturated carbocycles. The molecular weight excluding hydrogens is 308 g/mol. The van der Waals surface area contributed by atoms with E-state index >= 15 is 0 Å². The SMILES string of the molecule is CC(C)(C)NC(=O)OC(CN=[N+]=[N-])C(O)C1C2CC3CC(C2)C1C3. The predicted octanol–water partition coefficient (Wildman–Crippen LogP) is 3.23. The number of aliphatic hydroxyl groups is 1. The molecule has 0 aromatic carbocycles. The summed E-state index contributed by atoms with van der Waals surface area (Å²) >= 11 is 0. The summed E-state index contributed by atoms with van der Waals surface area (Å²) < 4.78 is 5.45. The van der Waals surface area contributed by atoms with Crippen molar-refractivity contribution in [2.45, 2.75) is 64.2 Å². The van der Waals surface area contributed by atoms with Crippen LogP contribution in [0.1, 0.15) is 46.5 Å². The van der Waals surface area contributed by atoms with E-state index in [1.165, 1.54) is 25.7 Å². The lowest BCUT2D eigenvalue weighted by Gasteiger charge is -2.37. The standard InChI is InChI=1S/C17H28N4O3/c1-17(2,3)20-16(23)24-13(8-19-21-18)15(22)14-11-5-9-4-10(7-11)12(14)6-9/h9-15,22H,4-8H2,1-3H3,(H,20,23). The first-order chi connectivity index (χ1) is 11.3. The van der Waals surface area contributed by atoms with E-state index in [1.807, 2.05) is 20.8 Å². The molecule has 4 aliphatic carbocycles. The maximum atomic E-state index is 12.1. The third kappa shape index (κ3) is 3.47. The van der Waals surface area contributed by atoms with Gasteiger partial charge in [0.2, 0.25) is 0 Å². The van der Waals surface area contributed by atoms with Crippen molar-refractivity contribution in [3.63, 3.8) is 0 Å². The number of alkyl carbamates (subject to hydrolysis) is 1. The molecule has 4 fully saturated rings. The summed E-state index contributed by atoms with van der Waals surface area (Å²) in [6.45, 7) is 5.56. The van der Waals surface area contributed by atoms with Gasteiger partial charge in [-0.1, -0.05) is 5.11 Å². The zero-order valence-corrected chi connectivity index (χ0v) is 14.7. The van der Waals surface area contributed by atoms with Crippen molar-refractivity contribution in [3.8, 4) is 0 Å². The fourth-order valence-corrected chi connectivity index (χ4v) is 5.37. The van der Waals surface area contributed by atoms with Gasteiger partial charge in [-0.25, -0.2) is 4.79 Å². The first-order valence-corrected chi connectivity index (χ1v) is 8.96. The Labute approximate surface area is 142 Å². The smallest absolute Gasteiger partial charge is 0.407 e. The first kappa shape index (κ1) is 17.4. The van der Waals surface area contributed by atoms with E-state index in [-0.39, 0.29) is 12.5 Å². The van der Waals surface area contributed by atoms with Crippen LogP contribution in [0, 0.1) is 29.6 Å². The van der Waals surface area contributed by atoms with Crippen molar-refractivity contribution in [3.05, 3.63) is 10.4 Å². The van der Waals surface area contributed by atoms with Crippen molar-refractivity contribution in [2.24, 2.45) is 34.7 Å². The van der Waals surface area contributed by atoms with Crippen molar-refractivity contribution in [2.75, 3.05) is 6.54 Å². The minimum Gasteiger partial charge on any atom is -0.443 e. The second-order valence-corrected chi connectivity index (χ2v) is 8.79. The molecule has 0 radical (unpaired) electrons. The van der Waals surface area contributed by atoms with Crippen LogP contribution in [0.2, 0.25) is 0 Å². The monoisotopic (exact) mass is 336 g/mol. The Morgan fingerprint density at radius 3 is 2.67 bits per heavy atom. The highest BCUT2D eigenvalue weighted by atomic mass is 16.6. The van der Waals surface area contributed by atoms with E-state index in [9.17, 15) is 9.90 Å². The summed E-state index contributed by atoms with van der Waals surface area (Å²) in [5.74, 6) is 2.76. The van der Waals surface area contributed by atoms with Gasteiger partial charge in [0.05, 0.1) is 12.6 Å². The summed E-state index contributed by atoms with van der Waals surface area (Å²) in [4.78, 5) is 14.9. The molecule has 0 heterocycles. The van der Waals surface area contributed by atoms with Crippen LogP contribution in [0.5, 0.6) is 0 Å².